The number of rotatable bonds is 1. The lowest BCUT2D eigenvalue weighted by Gasteiger charge is -2.25. The number of nitrogens with zero attached hydrogens (tertiary/aromatic N) is 3. The van der Waals surface area contributed by atoms with Gasteiger partial charge in [0.05, 0.1) is 0 Å². The maximum absolute atomic E-state index is 12.5. The fourth-order valence-electron chi connectivity index (χ4n) is 3.58. The summed E-state index contributed by atoms with van der Waals surface area (Å²) >= 11 is 0. The first-order chi connectivity index (χ1) is 10.4. The molecule has 0 bridgehead atoms. The standard InChI is InChI=1S/C17H23N3O2/c1-13-5-4-6-14(9-13)20-12-17(10-15(20)21)7-8-19(11-17)16(22)18(2)3/h4-6,9H,7-8,10-12H2,1-3H3. The largest absolute Gasteiger partial charge is 0.331 e. The third kappa shape index (κ3) is 2.56. The molecular formula is C17H23N3O2. The first kappa shape index (κ1) is 14.9. The maximum Gasteiger partial charge on any atom is 0.319 e. The number of carbonyl (C=O) groups is 2. The van der Waals surface area contributed by atoms with Crippen LogP contribution in [0.4, 0.5) is 10.5 Å². The molecule has 0 radical (unpaired) electrons. The van der Waals surface area contributed by atoms with Gasteiger partial charge in [-0.1, -0.05) is 12.1 Å². The lowest BCUT2D eigenvalue weighted by Crippen LogP contribution is -2.39. The Labute approximate surface area is 131 Å². The van der Waals surface area contributed by atoms with Gasteiger partial charge in [-0.3, -0.25) is 4.79 Å². The number of carbonyl (C=O) groups excluding carboxylic acids is 2. The van der Waals surface area contributed by atoms with E-state index in [1.165, 1.54) is 0 Å². The zero-order chi connectivity index (χ0) is 15.9. The first-order valence-electron chi connectivity index (χ1n) is 7.73. The highest BCUT2D eigenvalue weighted by atomic mass is 16.2. The monoisotopic (exact) mass is 301 g/mol. The Balaban J connectivity index is 1.76. The van der Waals surface area contributed by atoms with E-state index in [4.69, 9.17) is 0 Å². The Hall–Kier alpha value is -2.04. The van der Waals surface area contributed by atoms with E-state index in [1.807, 2.05) is 34.9 Å². The highest BCUT2D eigenvalue weighted by molar-refractivity contribution is 5.96. The van der Waals surface area contributed by atoms with Gasteiger partial charge >= 0.3 is 6.03 Å². The highest BCUT2D eigenvalue weighted by Gasteiger charge is 2.48. The number of amides is 3. The quantitative estimate of drug-likeness (QED) is 0.797. The number of urea groups is 1. The summed E-state index contributed by atoms with van der Waals surface area (Å²) in [4.78, 5) is 29.9. The molecule has 1 spiro atoms. The molecular weight excluding hydrogens is 278 g/mol. The molecule has 2 heterocycles. The lowest BCUT2D eigenvalue weighted by atomic mass is 9.86. The summed E-state index contributed by atoms with van der Waals surface area (Å²) in [5.41, 5.74) is 2.05. The van der Waals surface area contributed by atoms with Crippen molar-refractivity contribution in [2.45, 2.75) is 19.8 Å². The molecule has 0 saturated carbocycles. The second kappa shape index (κ2) is 5.30. The van der Waals surface area contributed by atoms with Crippen LogP contribution >= 0.6 is 0 Å². The average molecular weight is 301 g/mol. The molecule has 2 saturated heterocycles. The molecule has 1 aromatic carbocycles. The van der Waals surface area contributed by atoms with E-state index in [9.17, 15) is 9.59 Å². The molecule has 5 heteroatoms. The van der Waals surface area contributed by atoms with Gasteiger partial charge in [-0.15, -0.1) is 0 Å². The minimum absolute atomic E-state index is 0.0401. The number of likely N-dealkylation sites (tertiary alicyclic amines) is 1. The molecule has 3 amide bonds. The topological polar surface area (TPSA) is 43.9 Å². The molecule has 2 fully saturated rings. The van der Waals surface area contributed by atoms with Crippen molar-refractivity contribution < 1.29 is 9.59 Å². The maximum atomic E-state index is 12.5. The van der Waals surface area contributed by atoms with Gasteiger partial charge in [-0.05, 0) is 31.0 Å². The van der Waals surface area contributed by atoms with Gasteiger partial charge in [-0.25, -0.2) is 4.79 Å². The van der Waals surface area contributed by atoms with E-state index in [0.29, 0.717) is 19.5 Å². The summed E-state index contributed by atoms with van der Waals surface area (Å²) in [5, 5.41) is 0. The summed E-state index contributed by atoms with van der Waals surface area (Å²) in [6.07, 6.45) is 1.44. The van der Waals surface area contributed by atoms with Crippen molar-refractivity contribution in [2.24, 2.45) is 5.41 Å². The second-order valence-corrected chi connectivity index (χ2v) is 6.84. The van der Waals surface area contributed by atoms with E-state index in [2.05, 4.69) is 6.07 Å². The Morgan fingerprint density at radius 3 is 2.73 bits per heavy atom. The number of hydrogen-bond acceptors (Lipinski definition) is 2. The minimum atomic E-state index is -0.0769. The van der Waals surface area contributed by atoms with Crippen molar-refractivity contribution in [3.8, 4) is 0 Å². The van der Waals surface area contributed by atoms with Crippen molar-refractivity contribution >= 4 is 17.6 Å². The van der Waals surface area contributed by atoms with Gasteiger partial charge in [0, 0.05) is 51.3 Å². The van der Waals surface area contributed by atoms with Crippen molar-refractivity contribution in [3.63, 3.8) is 0 Å². The summed E-state index contributed by atoms with van der Waals surface area (Å²) in [5.74, 6) is 0.171. The van der Waals surface area contributed by atoms with E-state index in [-0.39, 0.29) is 17.4 Å². The van der Waals surface area contributed by atoms with Gasteiger partial charge in [0.15, 0.2) is 0 Å². The summed E-state index contributed by atoms with van der Waals surface area (Å²) < 4.78 is 0. The molecule has 3 rings (SSSR count). The van der Waals surface area contributed by atoms with Gasteiger partial charge in [0.2, 0.25) is 5.91 Å². The van der Waals surface area contributed by atoms with Gasteiger partial charge < -0.3 is 14.7 Å². The Morgan fingerprint density at radius 1 is 1.27 bits per heavy atom. The normalized spacial score (nSPS) is 24.4. The van der Waals surface area contributed by atoms with Crippen LogP contribution < -0.4 is 4.90 Å². The molecule has 0 N–H and O–H groups in total. The van der Waals surface area contributed by atoms with Crippen LogP contribution in [-0.2, 0) is 4.79 Å². The van der Waals surface area contributed by atoms with Crippen LogP contribution in [0.25, 0.3) is 0 Å². The van der Waals surface area contributed by atoms with Crippen molar-refractivity contribution in [1.82, 2.24) is 9.80 Å². The van der Waals surface area contributed by atoms with Crippen molar-refractivity contribution in [2.75, 3.05) is 38.6 Å². The van der Waals surface area contributed by atoms with E-state index in [0.717, 1.165) is 24.2 Å². The van der Waals surface area contributed by atoms with Crippen LogP contribution in [0.5, 0.6) is 0 Å². The van der Waals surface area contributed by atoms with Gasteiger partial charge in [-0.2, -0.15) is 0 Å². The van der Waals surface area contributed by atoms with E-state index in [1.54, 1.807) is 19.0 Å². The summed E-state index contributed by atoms with van der Waals surface area (Å²) in [6.45, 7) is 4.17. The van der Waals surface area contributed by atoms with Gasteiger partial charge in [0.1, 0.15) is 0 Å². The molecule has 0 aliphatic carbocycles. The number of aryl methyl sites for hydroxylation is 1. The zero-order valence-electron chi connectivity index (χ0n) is 13.5. The predicted molar refractivity (Wildman–Crippen MR) is 85.9 cm³/mol. The van der Waals surface area contributed by atoms with E-state index >= 15 is 0 Å². The Kier molecular flexibility index (Phi) is 3.59. The average Bonchev–Trinajstić information content (AvgIpc) is 3.02. The SMILES string of the molecule is Cc1cccc(N2CC3(CCN(C(=O)N(C)C)C3)CC2=O)c1. The van der Waals surface area contributed by atoms with Crippen molar-refractivity contribution in [3.05, 3.63) is 29.8 Å². The van der Waals surface area contributed by atoms with Crippen LogP contribution in [-0.4, -0.2) is 55.5 Å². The fraction of sp³-hybridized carbons (Fsp3) is 0.529. The van der Waals surface area contributed by atoms with Crippen LogP contribution in [0.15, 0.2) is 24.3 Å². The predicted octanol–water partition coefficient (Wildman–Crippen LogP) is 2.11. The number of anilines is 1. The van der Waals surface area contributed by atoms with Gasteiger partial charge in [0.25, 0.3) is 0 Å². The minimum Gasteiger partial charge on any atom is -0.331 e. The molecule has 22 heavy (non-hydrogen) atoms. The third-order valence-corrected chi connectivity index (χ3v) is 4.73. The molecule has 2 aliphatic rings. The lowest BCUT2D eigenvalue weighted by molar-refractivity contribution is -0.117. The van der Waals surface area contributed by atoms with Crippen LogP contribution in [0.2, 0.25) is 0 Å². The van der Waals surface area contributed by atoms with Crippen LogP contribution in [0, 0.1) is 12.3 Å². The number of hydrogen-bond donors (Lipinski definition) is 0. The molecule has 1 atom stereocenters. The fourth-order valence-corrected chi connectivity index (χ4v) is 3.58. The number of benzene rings is 1. The van der Waals surface area contributed by atoms with Crippen molar-refractivity contribution in [1.29, 1.82) is 0 Å². The smallest absolute Gasteiger partial charge is 0.319 e. The summed E-state index contributed by atoms with van der Waals surface area (Å²) in [6, 6.07) is 8.10. The molecule has 118 valence electrons. The molecule has 2 aliphatic heterocycles. The molecule has 5 nitrogen and oxygen atoms in total. The Morgan fingerprint density at radius 2 is 2.05 bits per heavy atom. The molecule has 1 aromatic rings. The highest BCUT2D eigenvalue weighted by Crippen LogP contribution is 2.42. The van der Waals surface area contributed by atoms with E-state index < -0.39 is 0 Å². The first-order valence-corrected chi connectivity index (χ1v) is 7.73. The summed E-state index contributed by atoms with van der Waals surface area (Å²) in [7, 11) is 3.54. The molecule has 0 aromatic heterocycles. The zero-order valence-corrected chi connectivity index (χ0v) is 13.5. The molecule has 1 unspecified atom stereocenters. The van der Waals surface area contributed by atoms with Crippen LogP contribution in [0.3, 0.4) is 0 Å². The Bertz CT molecular complexity index is 614. The second-order valence-electron chi connectivity index (χ2n) is 6.84. The van der Waals surface area contributed by atoms with Crippen LogP contribution in [0.1, 0.15) is 18.4 Å². The third-order valence-electron chi connectivity index (χ3n) is 4.73.